The monoisotopic (exact) mass is 438 g/mol. The number of aryl methyl sites for hydroxylation is 1. The van der Waals surface area contributed by atoms with Crippen molar-refractivity contribution in [3.63, 3.8) is 0 Å². The topological polar surface area (TPSA) is 75.2 Å². The number of carbonyl (C=O) groups is 2. The predicted molar refractivity (Wildman–Crippen MR) is 121 cm³/mol. The molecule has 0 radical (unpaired) electrons. The van der Waals surface area contributed by atoms with E-state index in [2.05, 4.69) is 15.5 Å². The highest BCUT2D eigenvalue weighted by Crippen LogP contribution is 2.36. The van der Waals surface area contributed by atoms with E-state index in [4.69, 9.17) is 12.2 Å². The molecule has 0 unspecified atom stereocenters. The molecular formula is C20H14N4O2S3. The average molecular weight is 439 g/mol. The lowest BCUT2D eigenvalue weighted by atomic mass is 10.1. The summed E-state index contributed by atoms with van der Waals surface area (Å²) in [5.74, 6) is -0.533. The second kappa shape index (κ2) is 8.24. The summed E-state index contributed by atoms with van der Waals surface area (Å²) in [6.45, 7) is 1.81. The third kappa shape index (κ3) is 4.26. The molecule has 29 heavy (non-hydrogen) atoms. The number of aromatic nitrogens is 2. The molecule has 1 N–H and O–H groups in total. The van der Waals surface area contributed by atoms with E-state index in [0.717, 1.165) is 10.6 Å². The molecule has 0 atom stereocenters. The van der Waals surface area contributed by atoms with Gasteiger partial charge in [-0.05, 0) is 36.8 Å². The van der Waals surface area contributed by atoms with Crippen molar-refractivity contribution in [2.24, 2.45) is 0 Å². The van der Waals surface area contributed by atoms with Crippen LogP contribution in [0.15, 0.2) is 59.5 Å². The SMILES string of the molecule is Cc1nnc(NC(=O)c2cccc(N3C(=O)/C(=C/c4ccccc4)SC3=S)c2)s1. The van der Waals surface area contributed by atoms with Crippen LogP contribution in [0.1, 0.15) is 20.9 Å². The van der Waals surface area contributed by atoms with Gasteiger partial charge >= 0.3 is 0 Å². The van der Waals surface area contributed by atoms with Crippen LogP contribution in [0, 0.1) is 6.92 Å². The van der Waals surface area contributed by atoms with E-state index in [-0.39, 0.29) is 11.8 Å². The minimum atomic E-state index is -0.326. The van der Waals surface area contributed by atoms with Crippen LogP contribution in [0.2, 0.25) is 0 Å². The molecule has 0 bridgehead atoms. The Balaban J connectivity index is 1.57. The summed E-state index contributed by atoms with van der Waals surface area (Å²) in [5.41, 5.74) is 1.87. The Morgan fingerprint density at radius 3 is 2.66 bits per heavy atom. The molecule has 1 aliphatic heterocycles. The minimum Gasteiger partial charge on any atom is -0.296 e. The largest absolute Gasteiger partial charge is 0.296 e. The molecule has 2 amide bonds. The zero-order valence-electron chi connectivity index (χ0n) is 15.2. The summed E-state index contributed by atoms with van der Waals surface area (Å²) in [6.07, 6.45) is 1.81. The number of thiocarbonyl (C=S) groups is 1. The Labute approximate surface area is 180 Å². The van der Waals surface area contributed by atoms with Crippen molar-refractivity contribution in [2.45, 2.75) is 6.92 Å². The van der Waals surface area contributed by atoms with Gasteiger partial charge in [-0.1, -0.05) is 71.7 Å². The van der Waals surface area contributed by atoms with Crippen molar-refractivity contribution in [2.75, 3.05) is 10.2 Å². The number of hydrogen-bond acceptors (Lipinski definition) is 7. The van der Waals surface area contributed by atoms with Crippen molar-refractivity contribution < 1.29 is 9.59 Å². The number of anilines is 2. The van der Waals surface area contributed by atoms with E-state index in [0.29, 0.717) is 25.6 Å². The van der Waals surface area contributed by atoms with Crippen molar-refractivity contribution >= 4 is 68.3 Å². The highest BCUT2D eigenvalue weighted by molar-refractivity contribution is 8.27. The summed E-state index contributed by atoms with van der Waals surface area (Å²) < 4.78 is 0.425. The second-order valence-corrected chi connectivity index (χ2v) is 8.92. The highest BCUT2D eigenvalue weighted by atomic mass is 32.2. The molecule has 9 heteroatoms. The maximum atomic E-state index is 12.9. The fraction of sp³-hybridized carbons (Fsp3) is 0.0500. The quantitative estimate of drug-likeness (QED) is 0.477. The molecule has 1 aliphatic rings. The standard InChI is InChI=1S/C20H14N4O2S3/c1-12-22-23-19(28-12)21-17(25)14-8-5-9-15(11-14)24-18(26)16(29-20(24)27)10-13-6-3-2-4-7-13/h2-11H,1H3,(H,21,23,25)/b16-10-. The van der Waals surface area contributed by atoms with Gasteiger partial charge in [0.15, 0.2) is 4.32 Å². The molecule has 3 aromatic rings. The maximum absolute atomic E-state index is 12.9. The third-order valence-corrected chi connectivity index (χ3v) is 6.06. The second-order valence-electron chi connectivity index (χ2n) is 6.06. The molecule has 0 spiro atoms. The minimum absolute atomic E-state index is 0.207. The van der Waals surface area contributed by atoms with Crippen molar-refractivity contribution in [3.8, 4) is 0 Å². The van der Waals surface area contributed by atoms with E-state index in [1.165, 1.54) is 28.0 Å². The fourth-order valence-electron chi connectivity index (χ4n) is 2.69. The molecule has 2 aromatic carbocycles. The predicted octanol–water partition coefficient (Wildman–Crippen LogP) is 4.50. The number of nitrogens with zero attached hydrogens (tertiary/aromatic N) is 3. The fourth-order valence-corrected chi connectivity index (χ4v) is 4.58. The highest BCUT2D eigenvalue weighted by Gasteiger charge is 2.33. The van der Waals surface area contributed by atoms with E-state index in [1.807, 2.05) is 43.3 Å². The number of rotatable bonds is 4. The molecule has 6 nitrogen and oxygen atoms in total. The van der Waals surface area contributed by atoms with Crippen LogP contribution < -0.4 is 10.2 Å². The lowest BCUT2D eigenvalue weighted by molar-refractivity contribution is -0.113. The summed E-state index contributed by atoms with van der Waals surface area (Å²) in [6, 6.07) is 16.4. The molecule has 0 aliphatic carbocycles. The average Bonchev–Trinajstić information content (AvgIpc) is 3.25. The Kier molecular flexibility index (Phi) is 5.52. The number of carbonyl (C=O) groups excluding carboxylic acids is 2. The number of amides is 2. The Bertz CT molecular complexity index is 1140. The number of benzene rings is 2. The lowest BCUT2D eigenvalue weighted by Crippen LogP contribution is -2.27. The molecule has 144 valence electrons. The normalized spacial score (nSPS) is 15.2. The first-order chi connectivity index (χ1) is 14.0. The zero-order chi connectivity index (χ0) is 20.4. The number of nitrogens with one attached hydrogen (secondary N) is 1. The van der Waals surface area contributed by atoms with E-state index >= 15 is 0 Å². The smallest absolute Gasteiger partial charge is 0.270 e. The maximum Gasteiger partial charge on any atom is 0.270 e. The molecule has 2 heterocycles. The van der Waals surface area contributed by atoms with Gasteiger partial charge in [0.05, 0.1) is 10.6 Å². The Morgan fingerprint density at radius 1 is 1.14 bits per heavy atom. The summed E-state index contributed by atoms with van der Waals surface area (Å²) in [5, 5.41) is 11.7. The molecule has 0 saturated carbocycles. The number of hydrogen-bond donors (Lipinski definition) is 1. The first-order valence-corrected chi connectivity index (χ1v) is 10.6. The van der Waals surface area contributed by atoms with E-state index in [1.54, 1.807) is 24.3 Å². The molecule has 1 fully saturated rings. The summed E-state index contributed by atoms with van der Waals surface area (Å²) in [7, 11) is 0. The van der Waals surface area contributed by atoms with Crippen molar-refractivity contribution in [1.82, 2.24) is 10.2 Å². The van der Waals surface area contributed by atoms with Gasteiger partial charge in [0.25, 0.3) is 11.8 Å². The molecule has 1 aromatic heterocycles. The van der Waals surface area contributed by atoms with Crippen LogP contribution >= 0.6 is 35.3 Å². The first kappa shape index (κ1) is 19.4. The molecular weight excluding hydrogens is 424 g/mol. The van der Waals surface area contributed by atoms with Crippen LogP contribution in [0.5, 0.6) is 0 Å². The van der Waals surface area contributed by atoms with Crippen LogP contribution in [-0.2, 0) is 4.79 Å². The van der Waals surface area contributed by atoms with Crippen LogP contribution in [0.4, 0.5) is 10.8 Å². The van der Waals surface area contributed by atoms with Gasteiger partial charge in [0, 0.05) is 5.56 Å². The lowest BCUT2D eigenvalue weighted by Gasteiger charge is -2.15. The van der Waals surface area contributed by atoms with Gasteiger partial charge in [-0.3, -0.25) is 19.8 Å². The molecule has 1 saturated heterocycles. The van der Waals surface area contributed by atoms with Gasteiger partial charge in [0.2, 0.25) is 5.13 Å². The molecule has 4 rings (SSSR count). The number of thioether (sulfide) groups is 1. The van der Waals surface area contributed by atoms with Gasteiger partial charge in [-0.25, -0.2) is 0 Å². The first-order valence-electron chi connectivity index (χ1n) is 8.56. The van der Waals surface area contributed by atoms with Gasteiger partial charge in [-0.2, -0.15) is 0 Å². The van der Waals surface area contributed by atoms with Crippen molar-refractivity contribution in [1.29, 1.82) is 0 Å². The van der Waals surface area contributed by atoms with E-state index in [9.17, 15) is 9.59 Å². The Morgan fingerprint density at radius 2 is 1.93 bits per heavy atom. The van der Waals surface area contributed by atoms with E-state index < -0.39 is 0 Å². The van der Waals surface area contributed by atoms with Gasteiger partial charge in [-0.15, -0.1) is 10.2 Å². The third-order valence-electron chi connectivity index (χ3n) is 4.00. The van der Waals surface area contributed by atoms with Gasteiger partial charge < -0.3 is 0 Å². The summed E-state index contributed by atoms with van der Waals surface area (Å²) >= 11 is 7.95. The summed E-state index contributed by atoms with van der Waals surface area (Å²) in [4.78, 5) is 27.4. The Hall–Kier alpha value is -2.88. The van der Waals surface area contributed by atoms with Crippen LogP contribution in [0.25, 0.3) is 6.08 Å². The van der Waals surface area contributed by atoms with Crippen molar-refractivity contribution in [3.05, 3.63) is 75.6 Å². The van der Waals surface area contributed by atoms with Crippen LogP contribution in [-0.4, -0.2) is 26.3 Å². The van der Waals surface area contributed by atoms with Gasteiger partial charge in [0.1, 0.15) is 5.01 Å². The zero-order valence-corrected chi connectivity index (χ0v) is 17.6. The van der Waals surface area contributed by atoms with Crippen LogP contribution in [0.3, 0.4) is 0 Å².